The Kier molecular flexibility index (Phi) is 6.46. The molecule has 2 aliphatic rings. The van der Waals surface area contributed by atoms with Crippen molar-refractivity contribution in [3.63, 3.8) is 0 Å². The number of fused-ring (bicyclic) bond motifs is 1. The fourth-order valence-corrected chi connectivity index (χ4v) is 5.02. The van der Waals surface area contributed by atoms with Crippen LogP contribution in [0.1, 0.15) is 18.4 Å². The van der Waals surface area contributed by atoms with E-state index in [1.807, 2.05) is 48.5 Å². The number of likely N-dealkylation sites (tertiary alicyclic amines) is 1. The third kappa shape index (κ3) is 4.69. The molecule has 2 aliphatic heterocycles. The number of para-hydroxylation sites is 2. The summed E-state index contributed by atoms with van der Waals surface area (Å²) in [6.45, 7) is 1.24. The summed E-state index contributed by atoms with van der Waals surface area (Å²) in [5, 5.41) is 4.95. The van der Waals surface area contributed by atoms with Crippen LogP contribution in [0.2, 0.25) is 0 Å². The highest BCUT2D eigenvalue weighted by atomic mass is 32.2. The van der Waals surface area contributed by atoms with Crippen LogP contribution in [0, 0.1) is 5.92 Å². The smallest absolute Gasteiger partial charge is 0.247 e. The molecular formula is C23H25N3O4S. The van der Waals surface area contributed by atoms with Crippen molar-refractivity contribution in [2.45, 2.75) is 29.5 Å². The van der Waals surface area contributed by atoms with Crippen molar-refractivity contribution in [3.05, 3.63) is 54.1 Å². The summed E-state index contributed by atoms with van der Waals surface area (Å²) >= 11 is 1.27. The SMILES string of the molecule is COc1ccccc1CNC(=O)[C@@H]1CCCN(C(=O)[C@@H]2Sc3ccccc3NC2=O)C1. The minimum atomic E-state index is -0.828. The Bertz CT molecular complexity index is 996. The van der Waals surface area contributed by atoms with Crippen molar-refractivity contribution in [1.29, 1.82) is 0 Å². The number of piperidine rings is 1. The number of hydrogen-bond acceptors (Lipinski definition) is 5. The highest BCUT2D eigenvalue weighted by molar-refractivity contribution is 8.01. The number of benzene rings is 2. The van der Waals surface area contributed by atoms with Crippen molar-refractivity contribution < 1.29 is 19.1 Å². The average Bonchev–Trinajstić information content (AvgIpc) is 2.81. The molecule has 0 aromatic heterocycles. The van der Waals surface area contributed by atoms with Gasteiger partial charge in [0, 0.05) is 30.1 Å². The number of amides is 3. The number of anilines is 1. The number of rotatable bonds is 5. The van der Waals surface area contributed by atoms with Crippen molar-refractivity contribution in [1.82, 2.24) is 10.2 Å². The van der Waals surface area contributed by atoms with Crippen LogP contribution in [-0.4, -0.2) is 48.1 Å². The molecule has 0 bridgehead atoms. The molecule has 0 aliphatic carbocycles. The Hall–Kier alpha value is -3.00. The van der Waals surface area contributed by atoms with Crippen molar-refractivity contribution in [3.8, 4) is 5.75 Å². The number of nitrogens with one attached hydrogen (secondary N) is 2. The summed E-state index contributed by atoms with van der Waals surface area (Å²) in [5.74, 6) is -0.203. The number of hydrogen-bond donors (Lipinski definition) is 2. The molecule has 8 heteroatoms. The predicted molar refractivity (Wildman–Crippen MR) is 119 cm³/mol. The van der Waals surface area contributed by atoms with Gasteiger partial charge in [-0.2, -0.15) is 0 Å². The number of methoxy groups -OCH3 is 1. The lowest BCUT2D eigenvalue weighted by molar-refractivity contribution is -0.137. The molecule has 1 fully saturated rings. The molecule has 0 unspecified atom stereocenters. The summed E-state index contributed by atoms with van der Waals surface area (Å²) in [6.07, 6.45) is 1.45. The molecule has 7 nitrogen and oxygen atoms in total. The topological polar surface area (TPSA) is 87.7 Å². The number of carbonyl (C=O) groups is 3. The van der Waals surface area contributed by atoms with Gasteiger partial charge in [0.2, 0.25) is 17.7 Å². The quantitative estimate of drug-likeness (QED) is 0.700. The average molecular weight is 440 g/mol. The van der Waals surface area contributed by atoms with E-state index in [1.54, 1.807) is 12.0 Å². The highest BCUT2D eigenvalue weighted by Crippen LogP contribution is 2.36. The fourth-order valence-electron chi connectivity index (χ4n) is 3.95. The van der Waals surface area contributed by atoms with Crippen molar-refractivity contribution >= 4 is 35.2 Å². The van der Waals surface area contributed by atoms with Gasteiger partial charge in [-0.1, -0.05) is 30.3 Å². The molecule has 3 amide bonds. The Morgan fingerprint density at radius 3 is 2.81 bits per heavy atom. The van der Waals surface area contributed by atoms with Gasteiger partial charge < -0.3 is 20.3 Å². The van der Waals surface area contributed by atoms with E-state index in [1.165, 1.54) is 11.8 Å². The van der Waals surface area contributed by atoms with E-state index in [-0.39, 0.29) is 23.6 Å². The Labute approximate surface area is 185 Å². The molecule has 2 heterocycles. The molecule has 162 valence electrons. The maximum absolute atomic E-state index is 13.1. The maximum atomic E-state index is 13.1. The van der Waals surface area contributed by atoms with Crippen LogP contribution in [0.25, 0.3) is 0 Å². The molecule has 2 N–H and O–H groups in total. The van der Waals surface area contributed by atoms with E-state index in [0.29, 0.717) is 26.1 Å². The van der Waals surface area contributed by atoms with E-state index < -0.39 is 5.25 Å². The second kappa shape index (κ2) is 9.43. The summed E-state index contributed by atoms with van der Waals surface area (Å²) < 4.78 is 5.33. The monoisotopic (exact) mass is 439 g/mol. The number of ether oxygens (including phenoxy) is 1. The third-order valence-electron chi connectivity index (χ3n) is 5.60. The van der Waals surface area contributed by atoms with Crippen LogP contribution in [0.5, 0.6) is 5.75 Å². The molecule has 0 spiro atoms. The van der Waals surface area contributed by atoms with Gasteiger partial charge in [-0.3, -0.25) is 14.4 Å². The van der Waals surface area contributed by atoms with Gasteiger partial charge in [-0.05, 0) is 31.0 Å². The largest absolute Gasteiger partial charge is 0.496 e. The zero-order chi connectivity index (χ0) is 21.8. The van der Waals surface area contributed by atoms with Gasteiger partial charge in [0.15, 0.2) is 5.25 Å². The second-order valence-electron chi connectivity index (χ2n) is 7.64. The van der Waals surface area contributed by atoms with Crippen LogP contribution < -0.4 is 15.4 Å². The van der Waals surface area contributed by atoms with Crippen LogP contribution in [0.3, 0.4) is 0 Å². The lowest BCUT2D eigenvalue weighted by atomic mass is 9.96. The molecule has 0 radical (unpaired) electrons. The molecule has 2 atom stereocenters. The van der Waals surface area contributed by atoms with Gasteiger partial charge in [0.05, 0.1) is 18.7 Å². The first-order valence-electron chi connectivity index (χ1n) is 10.3. The van der Waals surface area contributed by atoms with Crippen LogP contribution >= 0.6 is 11.8 Å². The minimum Gasteiger partial charge on any atom is -0.496 e. The van der Waals surface area contributed by atoms with Crippen molar-refractivity contribution in [2.75, 3.05) is 25.5 Å². The van der Waals surface area contributed by atoms with Gasteiger partial charge in [-0.25, -0.2) is 0 Å². The van der Waals surface area contributed by atoms with Gasteiger partial charge in [-0.15, -0.1) is 11.8 Å². The molecule has 2 aromatic rings. The Morgan fingerprint density at radius 2 is 1.97 bits per heavy atom. The van der Waals surface area contributed by atoms with Crippen LogP contribution in [0.15, 0.2) is 53.4 Å². The van der Waals surface area contributed by atoms with E-state index in [4.69, 9.17) is 4.74 Å². The number of nitrogens with zero attached hydrogens (tertiary/aromatic N) is 1. The van der Waals surface area contributed by atoms with Crippen LogP contribution in [-0.2, 0) is 20.9 Å². The lowest BCUT2D eigenvalue weighted by Crippen LogP contribution is -2.50. The van der Waals surface area contributed by atoms with E-state index >= 15 is 0 Å². The van der Waals surface area contributed by atoms with Crippen LogP contribution in [0.4, 0.5) is 5.69 Å². The maximum Gasteiger partial charge on any atom is 0.247 e. The normalized spacial score (nSPS) is 20.4. The molecule has 31 heavy (non-hydrogen) atoms. The summed E-state index contributed by atoms with van der Waals surface area (Å²) in [5.41, 5.74) is 1.63. The van der Waals surface area contributed by atoms with Gasteiger partial charge >= 0.3 is 0 Å². The first-order valence-corrected chi connectivity index (χ1v) is 11.2. The Morgan fingerprint density at radius 1 is 1.19 bits per heavy atom. The lowest BCUT2D eigenvalue weighted by Gasteiger charge is -2.35. The molecular weight excluding hydrogens is 414 g/mol. The summed E-state index contributed by atoms with van der Waals surface area (Å²) in [7, 11) is 1.60. The van der Waals surface area contributed by atoms with Gasteiger partial charge in [0.25, 0.3) is 0 Å². The molecule has 1 saturated heterocycles. The first kappa shape index (κ1) is 21.2. The van der Waals surface area contributed by atoms with E-state index in [0.717, 1.165) is 28.3 Å². The second-order valence-corrected chi connectivity index (χ2v) is 8.78. The minimum absolute atomic E-state index is 0.0884. The zero-order valence-electron chi connectivity index (χ0n) is 17.3. The first-order chi connectivity index (χ1) is 15.1. The number of carbonyl (C=O) groups excluding carboxylic acids is 3. The van der Waals surface area contributed by atoms with Crippen molar-refractivity contribution in [2.24, 2.45) is 5.92 Å². The fraction of sp³-hybridized carbons (Fsp3) is 0.348. The van der Waals surface area contributed by atoms with E-state index in [9.17, 15) is 14.4 Å². The summed E-state index contributed by atoms with van der Waals surface area (Å²) in [6, 6.07) is 15.0. The van der Waals surface area contributed by atoms with Gasteiger partial charge in [0.1, 0.15) is 5.75 Å². The molecule has 0 saturated carbocycles. The third-order valence-corrected chi connectivity index (χ3v) is 6.86. The molecule has 4 rings (SSSR count). The highest BCUT2D eigenvalue weighted by Gasteiger charge is 2.38. The standard InChI is InChI=1S/C23H25N3O4S/c1-30-18-10-4-2-7-15(18)13-24-21(27)16-8-6-12-26(14-16)23(29)20-22(28)25-17-9-3-5-11-19(17)31-20/h2-5,7,9-11,16,20H,6,8,12-14H2,1H3,(H,24,27)(H,25,28)/t16-,20-/m1/s1. The zero-order valence-corrected chi connectivity index (χ0v) is 18.1. The Balaban J connectivity index is 1.37. The predicted octanol–water partition coefficient (Wildman–Crippen LogP) is 2.66. The number of thioether (sulfide) groups is 1. The summed E-state index contributed by atoms with van der Waals surface area (Å²) in [4.78, 5) is 40.9. The van der Waals surface area contributed by atoms with E-state index in [2.05, 4.69) is 10.6 Å². The molecule has 2 aromatic carbocycles.